The summed E-state index contributed by atoms with van der Waals surface area (Å²) in [6, 6.07) is 3.10. The van der Waals surface area contributed by atoms with Crippen LogP contribution < -0.4 is 5.32 Å². The summed E-state index contributed by atoms with van der Waals surface area (Å²) in [4.78, 5) is 10.1. The van der Waals surface area contributed by atoms with Crippen molar-refractivity contribution < 1.29 is 4.39 Å². The molecule has 0 atom stereocenters. The van der Waals surface area contributed by atoms with Gasteiger partial charge in [-0.3, -0.25) is 4.98 Å². The number of hydrogen-bond acceptors (Lipinski definition) is 4. The van der Waals surface area contributed by atoms with Gasteiger partial charge in [-0.2, -0.15) is 0 Å². The summed E-state index contributed by atoms with van der Waals surface area (Å²) in [5, 5.41) is 4.35. The van der Waals surface area contributed by atoms with E-state index >= 15 is 0 Å². The third-order valence-corrected chi connectivity index (χ3v) is 4.09. The van der Waals surface area contributed by atoms with Crippen molar-refractivity contribution in [1.82, 2.24) is 15.3 Å². The lowest BCUT2D eigenvalue weighted by atomic mass is 10.1. The Morgan fingerprint density at radius 3 is 2.52 bits per heavy atom. The second kappa shape index (κ2) is 6.20. The summed E-state index contributed by atoms with van der Waals surface area (Å²) in [5.41, 5.74) is 1.88. The van der Waals surface area contributed by atoms with Gasteiger partial charge in [-0.25, -0.2) is 9.37 Å². The van der Waals surface area contributed by atoms with Crippen LogP contribution in [0.25, 0.3) is 10.7 Å². The first-order valence-electron chi connectivity index (χ1n) is 7.13. The van der Waals surface area contributed by atoms with Crippen LogP contribution in [0.1, 0.15) is 51.1 Å². The lowest BCUT2D eigenvalue weighted by Crippen LogP contribution is -2.35. The number of nitrogens with zero attached hydrogens (tertiary/aromatic N) is 2. The summed E-state index contributed by atoms with van der Waals surface area (Å²) < 4.78 is 13.0. The zero-order chi connectivity index (χ0) is 15.6. The first-order chi connectivity index (χ1) is 9.76. The van der Waals surface area contributed by atoms with Gasteiger partial charge in [-0.1, -0.05) is 13.8 Å². The van der Waals surface area contributed by atoms with Gasteiger partial charge in [0.1, 0.15) is 10.8 Å². The van der Waals surface area contributed by atoms with Gasteiger partial charge in [0.2, 0.25) is 0 Å². The molecular weight excluding hydrogens is 285 g/mol. The molecule has 0 aliphatic heterocycles. The molecule has 0 saturated carbocycles. The van der Waals surface area contributed by atoms with Crippen molar-refractivity contribution in [2.75, 3.05) is 0 Å². The summed E-state index contributed by atoms with van der Waals surface area (Å²) in [6.45, 7) is 11.5. The Morgan fingerprint density at radius 2 is 2.00 bits per heavy atom. The Balaban J connectivity index is 2.30. The lowest BCUT2D eigenvalue weighted by molar-refractivity contribution is 0.425. The third-order valence-electron chi connectivity index (χ3n) is 3.00. The second-order valence-electron chi connectivity index (χ2n) is 6.45. The molecule has 0 aliphatic carbocycles. The zero-order valence-corrected chi connectivity index (χ0v) is 14.0. The number of rotatable bonds is 4. The van der Waals surface area contributed by atoms with Crippen LogP contribution in [0.15, 0.2) is 18.3 Å². The molecule has 2 heterocycles. The number of halogens is 1. The molecule has 2 aromatic heterocycles. The maximum absolute atomic E-state index is 13.0. The van der Waals surface area contributed by atoms with E-state index in [0.29, 0.717) is 5.92 Å². The fourth-order valence-electron chi connectivity index (χ4n) is 1.90. The van der Waals surface area contributed by atoms with E-state index in [2.05, 4.69) is 44.9 Å². The average Bonchev–Trinajstić information content (AvgIpc) is 2.81. The summed E-state index contributed by atoms with van der Waals surface area (Å²) in [5.74, 6) is 0.0289. The summed E-state index contributed by atoms with van der Waals surface area (Å²) >= 11 is 1.63. The van der Waals surface area contributed by atoms with Crippen LogP contribution in [0.5, 0.6) is 0 Å². The minimum absolute atomic E-state index is 0.0620. The normalized spacial score (nSPS) is 12.1. The molecule has 1 N–H and O–H groups in total. The standard InChI is InChI=1S/C16H22FN3S/c1-10(2)14-13(9-19-16(3,4)5)21-15(20-14)12-7-6-11(17)8-18-12/h6-8,10,19H,9H2,1-5H3. The Kier molecular flexibility index (Phi) is 4.74. The van der Waals surface area contributed by atoms with Crippen LogP contribution in [0.3, 0.4) is 0 Å². The van der Waals surface area contributed by atoms with Gasteiger partial charge in [0.25, 0.3) is 0 Å². The quantitative estimate of drug-likeness (QED) is 0.912. The Morgan fingerprint density at radius 1 is 1.29 bits per heavy atom. The monoisotopic (exact) mass is 307 g/mol. The molecule has 0 spiro atoms. The van der Waals surface area contributed by atoms with Crippen molar-refractivity contribution in [2.24, 2.45) is 0 Å². The molecule has 0 radical (unpaired) electrons. The summed E-state index contributed by atoms with van der Waals surface area (Å²) in [7, 11) is 0. The van der Waals surface area contributed by atoms with E-state index < -0.39 is 0 Å². The van der Waals surface area contributed by atoms with E-state index in [1.54, 1.807) is 17.4 Å². The maximum atomic E-state index is 13.0. The fourth-order valence-corrected chi connectivity index (χ4v) is 3.03. The molecule has 2 rings (SSSR count). The topological polar surface area (TPSA) is 37.8 Å². The van der Waals surface area contributed by atoms with Crippen LogP contribution in [0, 0.1) is 5.82 Å². The van der Waals surface area contributed by atoms with E-state index in [0.717, 1.165) is 22.9 Å². The minimum Gasteiger partial charge on any atom is -0.307 e. The van der Waals surface area contributed by atoms with Crippen molar-refractivity contribution in [3.8, 4) is 10.7 Å². The Bertz CT molecular complexity index is 597. The molecule has 21 heavy (non-hydrogen) atoms. The van der Waals surface area contributed by atoms with Crippen molar-refractivity contribution in [3.05, 3.63) is 34.7 Å². The highest BCUT2D eigenvalue weighted by atomic mass is 32.1. The molecule has 0 aromatic carbocycles. The smallest absolute Gasteiger partial charge is 0.142 e. The van der Waals surface area contributed by atoms with E-state index in [4.69, 9.17) is 4.98 Å². The van der Waals surface area contributed by atoms with E-state index in [1.165, 1.54) is 17.1 Å². The molecule has 114 valence electrons. The van der Waals surface area contributed by atoms with Gasteiger partial charge >= 0.3 is 0 Å². The Labute approximate surface area is 129 Å². The van der Waals surface area contributed by atoms with Crippen molar-refractivity contribution in [2.45, 2.75) is 52.6 Å². The van der Waals surface area contributed by atoms with Crippen molar-refractivity contribution in [3.63, 3.8) is 0 Å². The largest absolute Gasteiger partial charge is 0.307 e. The SMILES string of the molecule is CC(C)c1nc(-c2ccc(F)cn2)sc1CNC(C)(C)C. The van der Waals surface area contributed by atoms with Crippen molar-refractivity contribution in [1.29, 1.82) is 0 Å². The molecule has 2 aromatic rings. The highest BCUT2D eigenvalue weighted by molar-refractivity contribution is 7.15. The van der Waals surface area contributed by atoms with Crippen molar-refractivity contribution >= 4 is 11.3 Å². The average molecular weight is 307 g/mol. The van der Waals surface area contributed by atoms with Gasteiger partial charge in [0, 0.05) is 17.0 Å². The molecular formula is C16H22FN3S. The second-order valence-corrected chi connectivity index (χ2v) is 7.53. The predicted octanol–water partition coefficient (Wildman–Crippen LogP) is 4.36. The number of thiazole rings is 1. The number of nitrogens with one attached hydrogen (secondary N) is 1. The van der Waals surface area contributed by atoms with Gasteiger partial charge in [-0.05, 0) is 38.8 Å². The minimum atomic E-state index is -0.325. The Hall–Kier alpha value is -1.33. The lowest BCUT2D eigenvalue weighted by Gasteiger charge is -2.20. The molecule has 5 heteroatoms. The first-order valence-corrected chi connectivity index (χ1v) is 7.94. The van der Waals surface area contributed by atoms with E-state index in [-0.39, 0.29) is 11.4 Å². The fraction of sp³-hybridized carbons (Fsp3) is 0.500. The van der Waals surface area contributed by atoms with Gasteiger partial charge in [0.05, 0.1) is 17.6 Å². The maximum Gasteiger partial charge on any atom is 0.142 e. The van der Waals surface area contributed by atoms with Gasteiger partial charge in [-0.15, -0.1) is 11.3 Å². The van der Waals surface area contributed by atoms with Crippen LogP contribution in [0.2, 0.25) is 0 Å². The van der Waals surface area contributed by atoms with E-state index in [9.17, 15) is 4.39 Å². The molecule has 0 unspecified atom stereocenters. The van der Waals surface area contributed by atoms with Crippen LogP contribution in [-0.2, 0) is 6.54 Å². The van der Waals surface area contributed by atoms with Gasteiger partial charge < -0.3 is 5.32 Å². The predicted molar refractivity (Wildman–Crippen MR) is 86.0 cm³/mol. The number of aromatic nitrogens is 2. The van der Waals surface area contributed by atoms with E-state index in [1.807, 2.05) is 0 Å². The molecule has 0 saturated heterocycles. The number of hydrogen-bond donors (Lipinski definition) is 1. The number of pyridine rings is 1. The summed E-state index contributed by atoms with van der Waals surface area (Å²) in [6.07, 6.45) is 1.23. The van der Waals surface area contributed by atoms with Crippen LogP contribution >= 0.6 is 11.3 Å². The van der Waals surface area contributed by atoms with Gasteiger partial charge in [0.15, 0.2) is 0 Å². The highest BCUT2D eigenvalue weighted by Gasteiger charge is 2.18. The van der Waals surface area contributed by atoms with Crippen LogP contribution in [0.4, 0.5) is 4.39 Å². The molecule has 0 fully saturated rings. The van der Waals surface area contributed by atoms with Crippen LogP contribution in [-0.4, -0.2) is 15.5 Å². The molecule has 3 nitrogen and oxygen atoms in total. The molecule has 0 bridgehead atoms. The molecule has 0 aliphatic rings. The first kappa shape index (κ1) is 16.0. The molecule has 0 amide bonds. The third kappa shape index (κ3) is 4.32. The highest BCUT2D eigenvalue weighted by Crippen LogP contribution is 2.31. The zero-order valence-electron chi connectivity index (χ0n) is 13.2.